The Morgan fingerprint density at radius 1 is 0.882 bits per heavy atom. The van der Waals surface area contributed by atoms with Gasteiger partial charge in [0.2, 0.25) is 0 Å². The molecule has 0 unspecified atom stereocenters. The van der Waals surface area contributed by atoms with Gasteiger partial charge < -0.3 is 15.4 Å². The van der Waals surface area contributed by atoms with Crippen molar-refractivity contribution in [1.29, 1.82) is 0 Å². The van der Waals surface area contributed by atoms with Gasteiger partial charge in [-0.15, -0.1) is 0 Å². The fourth-order valence-electron chi connectivity index (χ4n) is 3.00. The van der Waals surface area contributed by atoms with E-state index in [0.29, 0.717) is 17.0 Å². The lowest BCUT2D eigenvalue weighted by Gasteiger charge is -2.11. The summed E-state index contributed by atoms with van der Waals surface area (Å²) in [7, 11) is 0. The van der Waals surface area contributed by atoms with E-state index in [1.165, 1.54) is 6.21 Å². The number of anilines is 2. The zero-order valence-corrected chi connectivity index (χ0v) is 19.2. The second-order valence-electron chi connectivity index (χ2n) is 7.68. The highest BCUT2D eigenvalue weighted by molar-refractivity contribution is 6.39. The van der Waals surface area contributed by atoms with Crippen LogP contribution >= 0.6 is 0 Å². The van der Waals surface area contributed by atoms with Crippen LogP contribution in [-0.4, -0.2) is 30.5 Å². The van der Waals surface area contributed by atoms with Crippen molar-refractivity contribution in [2.75, 3.05) is 17.2 Å². The normalized spacial score (nSPS) is 10.6. The number of ether oxygens (including phenoxy) is 1. The third-order valence-electron chi connectivity index (χ3n) is 4.99. The van der Waals surface area contributed by atoms with Crippen molar-refractivity contribution in [2.24, 2.45) is 5.10 Å². The summed E-state index contributed by atoms with van der Waals surface area (Å²) in [5, 5.41) is 9.15. The molecule has 34 heavy (non-hydrogen) atoms. The molecule has 0 saturated heterocycles. The van der Waals surface area contributed by atoms with Crippen molar-refractivity contribution in [3.05, 3.63) is 89.0 Å². The Labute approximate surface area is 198 Å². The molecule has 3 N–H and O–H groups in total. The summed E-state index contributed by atoms with van der Waals surface area (Å²) in [4.78, 5) is 36.0. The minimum atomic E-state index is -0.882. The third-order valence-corrected chi connectivity index (χ3v) is 4.99. The first-order valence-corrected chi connectivity index (χ1v) is 10.6. The van der Waals surface area contributed by atoms with Crippen LogP contribution in [-0.2, 0) is 14.4 Å². The SMILES string of the molecule is Cc1cccc(NC(=O)C(=O)N/N=C\c2ccc(OCC(=O)Nc3cccc(C)c3C)cc2)c1. The second kappa shape index (κ2) is 11.4. The smallest absolute Gasteiger partial charge is 0.329 e. The van der Waals surface area contributed by atoms with Crippen molar-refractivity contribution in [3.63, 3.8) is 0 Å². The number of carbonyl (C=O) groups excluding carboxylic acids is 3. The minimum Gasteiger partial charge on any atom is -0.484 e. The number of hydrazone groups is 1. The summed E-state index contributed by atoms with van der Waals surface area (Å²) >= 11 is 0. The van der Waals surface area contributed by atoms with Gasteiger partial charge in [0.05, 0.1) is 6.21 Å². The van der Waals surface area contributed by atoms with Crippen LogP contribution in [0.3, 0.4) is 0 Å². The Balaban J connectivity index is 1.44. The van der Waals surface area contributed by atoms with Crippen molar-refractivity contribution < 1.29 is 19.1 Å². The van der Waals surface area contributed by atoms with Crippen molar-refractivity contribution in [3.8, 4) is 5.75 Å². The monoisotopic (exact) mass is 458 g/mol. The Bertz CT molecular complexity index is 1220. The van der Waals surface area contributed by atoms with Crippen LogP contribution in [0, 0.1) is 20.8 Å². The van der Waals surface area contributed by atoms with Crippen molar-refractivity contribution in [2.45, 2.75) is 20.8 Å². The molecule has 0 bridgehead atoms. The standard InChI is InChI=1S/C26H26N4O4/c1-17-6-4-8-21(14-17)28-25(32)26(33)30-27-15-20-10-12-22(13-11-20)34-16-24(31)29-23-9-5-7-18(2)19(23)3/h4-15H,16H2,1-3H3,(H,28,32)(H,29,31)(H,30,33)/b27-15-. The molecule has 0 radical (unpaired) electrons. The van der Waals surface area contributed by atoms with Gasteiger partial charge in [-0.3, -0.25) is 14.4 Å². The molecule has 8 heteroatoms. The zero-order chi connectivity index (χ0) is 24.5. The van der Waals surface area contributed by atoms with Gasteiger partial charge in [-0.05, 0) is 85.5 Å². The quantitative estimate of drug-likeness (QED) is 0.285. The van der Waals surface area contributed by atoms with Crippen molar-refractivity contribution in [1.82, 2.24) is 5.43 Å². The van der Waals surface area contributed by atoms with Gasteiger partial charge >= 0.3 is 11.8 Å². The maximum Gasteiger partial charge on any atom is 0.329 e. The lowest BCUT2D eigenvalue weighted by atomic mass is 10.1. The molecule has 0 aliphatic rings. The Morgan fingerprint density at radius 2 is 1.62 bits per heavy atom. The van der Waals surface area contributed by atoms with E-state index < -0.39 is 11.8 Å². The van der Waals surface area contributed by atoms with Crippen LogP contribution in [0.4, 0.5) is 11.4 Å². The average molecular weight is 459 g/mol. The van der Waals surface area contributed by atoms with E-state index in [9.17, 15) is 14.4 Å². The van der Waals surface area contributed by atoms with Gasteiger partial charge in [-0.25, -0.2) is 5.43 Å². The van der Waals surface area contributed by atoms with E-state index >= 15 is 0 Å². The summed E-state index contributed by atoms with van der Waals surface area (Å²) in [5.41, 5.74) is 7.22. The first-order valence-electron chi connectivity index (χ1n) is 10.6. The topological polar surface area (TPSA) is 109 Å². The Morgan fingerprint density at radius 3 is 2.35 bits per heavy atom. The molecule has 0 aromatic heterocycles. The number of nitrogens with one attached hydrogen (secondary N) is 3. The van der Waals surface area contributed by atoms with Crippen LogP contribution in [0.15, 0.2) is 71.8 Å². The number of nitrogens with zero attached hydrogens (tertiary/aromatic N) is 1. The van der Waals surface area contributed by atoms with Crippen LogP contribution in [0.1, 0.15) is 22.3 Å². The molecule has 174 valence electrons. The predicted octanol–water partition coefficient (Wildman–Crippen LogP) is 3.72. The summed E-state index contributed by atoms with van der Waals surface area (Å²) < 4.78 is 5.53. The third kappa shape index (κ3) is 7.03. The van der Waals surface area contributed by atoms with Gasteiger partial charge in [0.15, 0.2) is 6.61 Å². The van der Waals surface area contributed by atoms with Crippen LogP contribution in [0.5, 0.6) is 5.75 Å². The maximum absolute atomic E-state index is 12.2. The predicted molar refractivity (Wildman–Crippen MR) is 132 cm³/mol. The molecule has 0 fully saturated rings. The zero-order valence-electron chi connectivity index (χ0n) is 19.2. The van der Waals surface area contributed by atoms with E-state index in [2.05, 4.69) is 21.2 Å². The van der Waals surface area contributed by atoms with Gasteiger partial charge in [0.25, 0.3) is 5.91 Å². The molecule has 0 heterocycles. The molecule has 0 spiro atoms. The number of hydrogen-bond donors (Lipinski definition) is 3. The van der Waals surface area contributed by atoms with E-state index in [0.717, 1.165) is 22.4 Å². The average Bonchev–Trinajstić information content (AvgIpc) is 2.81. The summed E-state index contributed by atoms with van der Waals surface area (Å²) in [5.74, 6) is -1.45. The van der Waals surface area contributed by atoms with Crippen LogP contribution < -0.4 is 20.8 Å². The van der Waals surface area contributed by atoms with E-state index in [1.807, 2.05) is 45.0 Å². The van der Waals surface area contributed by atoms with Gasteiger partial charge in [-0.1, -0.05) is 24.3 Å². The minimum absolute atomic E-state index is 0.132. The maximum atomic E-state index is 12.2. The molecular formula is C26H26N4O4. The molecule has 3 aromatic carbocycles. The van der Waals surface area contributed by atoms with E-state index in [1.54, 1.807) is 42.5 Å². The van der Waals surface area contributed by atoms with Crippen LogP contribution in [0.25, 0.3) is 0 Å². The molecule has 3 rings (SSSR count). The molecule has 0 saturated carbocycles. The molecule has 8 nitrogen and oxygen atoms in total. The second-order valence-corrected chi connectivity index (χ2v) is 7.68. The number of aryl methyl sites for hydroxylation is 2. The first-order chi connectivity index (χ1) is 16.3. The highest BCUT2D eigenvalue weighted by atomic mass is 16.5. The van der Waals surface area contributed by atoms with E-state index in [4.69, 9.17) is 4.74 Å². The molecule has 0 aliphatic carbocycles. The number of amides is 3. The highest BCUT2D eigenvalue weighted by Gasteiger charge is 2.12. The number of rotatable bonds is 7. The van der Waals surface area contributed by atoms with Crippen molar-refractivity contribution >= 4 is 35.3 Å². The summed E-state index contributed by atoms with van der Waals surface area (Å²) in [6.07, 6.45) is 1.40. The summed E-state index contributed by atoms with van der Waals surface area (Å²) in [6, 6.07) is 19.6. The van der Waals surface area contributed by atoms with Crippen LogP contribution in [0.2, 0.25) is 0 Å². The lowest BCUT2D eigenvalue weighted by Crippen LogP contribution is -2.32. The largest absolute Gasteiger partial charge is 0.484 e. The molecule has 0 atom stereocenters. The molecule has 3 amide bonds. The summed E-state index contributed by atoms with van der Waals surface area (Å²) in [6.45, 7) is 5.69. The lowest BCUT2D eigenvalue weighted by molar-refractivity contribution is -0.136. The molecular weight excluding hydrogens is 432 g/mol. The molecule has 0 aliphatic heterocycles. The van der Waals surface area contributed by atoms with E-state index in [-0.39, 0.29) is 12.5 Å². The Kier molecular flexibility index (Phi) is 8.12. The number of benzene rings is 3. The fourth-order valence-corrected chi connectivity index (χ4v) is 3.00. The number of hydrogen-bond acceptors (Lipinski definition) is 5. The number of carbonyl (C=O) groups is 3. The van der Waals surface area contributed by atoms with Gasteiger partial charge in [0.1, 0.15) is 5.75 Å². The highest BCUT2D eigenvalue weighted by Crippen LogP contribution is 2.18. The first kappa shape index (κ1) is 24.2. The molecule has 3 aromatic rings. The van der Waals surface area contributed by atoms with Gasteiger partial charge in [0, 0.05) is 11.4 Å². The fraction of sp³-hybridized carbons (Fsp3) is 0.154. The van der Waals surface area contributed by atoms with Gasteiger partial charge in [-0.2, -0.15) is 5.10 Å². The Hall–Kier alpha value is -4.46.